The number of hydrogen-bond donors (Lipinski definition) is 3. The predicted octanol–water partition coefficient (Wildman–Crippen LogP) is 2.42. The van der Waals surface area contributed by atoms with Crippen LogP contribution in [0.3, 0.4) is 0 Å². The Morgan fingerprint density at radius 2 is 2.20 bits per heavy atom. The maximum absolute atomic E-state index is 8.74. The molecule has 106 valence electrons. The van der Waals surface area contributed by atoms with Gasteiger partial charge in [0.2, 0.25) is 0 Å². The summed E-state index contributed by atoms with van der Waals surface area (Å²) < 4.78 is 0. The van der Waals surface area contributed by atoms with Crippen molar-refractivity contribution in [1.29, 1.82) is 0 Å². The van der Waals surface area contributed by atoms with Crippen LogP contribution in [0.5, 0.6) is 0 Å². The van der Waals surface area contributed by atoms with Gasteiger partial charge < -0.3 is 16.3 Å². The first-order chi connectivity index (χ1) is 9.69. The number of aromatic nitrogens is 1. The smallest absolute Gasteiger partial charge is 0.141 e. The molecule has 2 aromatic rings. The minimum atomic E-state index is -0.00546. The summed E-state index contributed by atoms with van der Waals surface area (Å²) in [5, 5.41) is 18.3. The number of nitrogens with zero attached hydrogens (tertiary/aromatic N) is 2. The molecule has 1 atom stereocenters. The number of rotatable bonds is 6. The first kappa shape index (κ1) is 14.5. The lowest BCUT2D eigenvalue weighted by Gasteiger charge is -2.18. The number of amidine groups is 1. The molecule has 5 nitrogen and oxygen atoms in total. The Kier molecular flexibility index (Phi) is 5.09. The minimum Gasteiger partial charge on any atom is -0.409 e. The van der Waals surface area contributed by atoms with Crippen molar-refractivity contribution in [3.8, 4) is 0 Å². The molecule has 0 aliphatic rings. The van der Waals surface area contributed by atoms with Crippen molar-refractivity contribution in [2.45, 2.75) is 25.9 Å². The highest BCUT2D eigenvalue weighted by molar-refractivity contribution is 7.09. The zero-order chi connectivity index (χ0) is 14.4. The Labute approximate surface area is 122 Å². The normalized spacial score (nSPS) is 13.3. The van der Waals surface area contributed by atoms with Crippen molar-refractivity contribution in [1.82, 2.24) is 10.3 Å². The number of nitrogens with one attached hydrogen (secondary N) is 1. The van der Waals surface area contributed by atoms with Crippen molar-refractivity contribution in [3.05, 3.63) is 52.0 Å². The van der Waals surface area contributed by atoms with Gasteiger partial charge in [-0.1, -0.05) is 35.5 Å². The highest BCUT2D eigenvalue weighted by Gasteiger charge is 2.13. The van der Waals surface area contributed by atoms with E-state index >= 15 is 0 Å². The van der Waals surface area contributed by atoms with Gasteiger partial charge in [-0.05, 0) is 12.5 Å². The fourth-order valence-electron chi connectivity index (χ4n) is 1.96. The SMILES string of the molecule is Cc1nc(CNC(CC(N)=NO)c2ccccc2)cs1. The highest BCUT2D eigenvalue weighted by Crippen LogP contribution is 2.17. The molecule has 0 radical (unpaired) electrons. The van der Waals surface area contributed by atoms with Crippen LogP contribution in [0.4, 0.5) is 0 Å². The van der Waals surface area contributed by atoms with Gasteiger partial charge in [-0.15, -0.1) is 11.3 Å². The molecule has 1 aromatic heterocycles. The zero-order valence-electron chi connectivity index (χ0n) is 11.3. The standard InChI is InChI=1S/C14H18N4OS/c1-10-17-12(9-20-10)8-16-13(7-14(15)18-19)11-5-3-2-4-6-11/h2-6,9,13,16,19H,7-8H2,1H3,(H2,15,18). The van der Waals surface area contributed by atoms with Crippen LogP contribution in [-0.2, 0) is 6.54 Å². The number of aryl methyl sites for hydroxylation is 1. The van der Waals surface area contributed by atoms with Crippen LogP contribution >= 0.6 is 11.3 Å². The zero-order valence-corrected chi connectivity index (χ0v) is 12.1. The fourth-order valence-corrected chi connectivity index (χ4v) is 2.57. The summed E-state index contributed by atoms with van der Waals surface area (Å²) in [5.74, 6) is 0.209. The van der Waals surface area contributed by atoms with E-state index < -0.39 is 0 Å². The molecule has 0 saturated heterocycles. The summed E-state index contributed by atoms with van der Waals surface area (Å²) in [5.41, 5.74) is 7.74. The largest absolute Gasteiger partial charge is 0.409 e. The van der Waals surface area contributed by atoms with E-state index in [0.717, 1.165) is 16.3 Å². The van der Waals surface area contributed by atoms with Crippen molar-refractivity contribution in [2.24, 2.45) is 10.9 Å². The minimum absolute atomic E-state index is 0.00546. The van der Waals surface area contributed by atoms with E-state index in [1.807, 2.05) is 42.6 Å². The molecular formula is C14H18N4OS. The van der Waals surface area contributed by atoms with E-state index in [2.05, 4.69) is 15.5 Å². The number of benzene rings is 1. The molecule has 6 heteroatoms. The van der Waals surface area contributed by atoms with Crippen molar-refractivity contribution in [2.75, 3.05) is 0 Å². The molecule has 2 rings (SSSR count). The molecule has 0 aliphatic carbocycles. The maximum atomic E-state index is 8.74. The monoisotopic (exact) mass is 290 g/mol. The topological polar surface area (TPSA) is 83.5 Å². The first-order valence-corrected chi connectivity index (χ1v) is 7.22. The molecule has 1 unspecified atom stereocenters. The average Bonchev–Trinajstić information content (AvgIpc) is 2.89. The van der Waals surface area contributed by atoms with E-state index in [4.69, 9.17) is 10.9 Å². The summed E-state index contributed by atoms with van der Waals surface area (Å²) in [4.78, 5) is 4.42. The average molecular weight is 290 g/mol. The molecule has 0 fully saturated rings. The van der Waals surface area contributed by atoms with Gasteiger partial charge in [0.15, 0.2) is 0 Å². The van der Waals surface area contributed by atoms with Crippen molar-refractivity contribution >= 4 is 17.2 Å². The molecule has 0 aliphatic heterocycles. The molecular weight excluding hydrogens is 272 g/mol. The Morgan fingerprint density at radius 3 is 2.80 bits per heavy atom. The van der Waals surface area contributed by atoms with Crippen LogP contribution in [0.2, 0.25) is 0 Å². The van der Waals surface area contributed by atoms with E-state index in [-0.39, 0.29) is 11.9 Å². The van der Waals surface area contributed by atoms with Crippen LogP contribution in [0.1, 0.15) is 28.7 Å². The number of thiazole rings is 1. The molecule has 4 N–H and O–H groups in total. The van der Waals surface area contributed by atoms with Gasteiger partial charge in [0.05, 0.1) is 10.7 Å². The molecule has 0 bridgehead atoms. The molecule has 1 aromatic carbocycles. The van der Waals surface area contributed by atoms with Gasteiger partial charge in [0, 0.05) is 24.4 Å². The van der Waals surface area contributed by atoms with Crippen molar-refractivity contribution < 1.29 is 5.21 Å². The van der Waals surface area contributed by atoms with Gasteiger partial charge in [0.1, 0.15) is 5.84 Å². The third kappa shape index (κ3) is 4.04. The van der Waals surface area contributed by atoms with E-state index in [1.54, 1.807) is 11.3 Å². The van der Waals surface area contributed by atoms with Crippen LogP contribution in [-0.4, -0.2) is 16.0 Å². The molecule has 1 heterocycles. The quantitative estimate of drug-likeness (QED) is 0.330. The summed E-state index contributed by atoms with van der Waals surface area (Å²) >= 11 is 1.63. The van der Waals surface area contributed by atoms with E-state index in [1.165, 1.54) is 0 Å². The lowest BCUT2D eigenvalue weighted by molar-refractivity contribution is 0.315. The third-order valence-corrected chi connectivity index (χ3v) is 3.76. The Balaban J connectivity index is 2.06. The second kappa shape index (κ2) is 7.02. The van der Waals surface area contributed by atoms with Crippen LogP contribution in [0.15, 0.2) is 40.9 Å². The molecule has 0 amide bonds. The summed E-state index contributed by atoms with van der Waals surface area (Å²) in [6.07, 6.45) is 0.448. The fraction of sp³-hybridized carbons (Fsp3) is 0.286. The highest BCUT2D eigenvalue weighted by atomic mass is 32.1. The molecule has 20 heavy (non-hydrogen) atoms. The Bertz CT molecular complexity index is 568. The molecule has 0 saturated carbocycles. The molecule has 0 spiro atoms. The third-order valence-electron chi connectivity index (χ3n) is 2.94. The van der Waals surface area contributed by atoms with Gasteiger partial charge in [-0.25, -0.2) is 4.98 Å². The van der Waals surface area contributed by atoms with Gasteiger partial charge in [0.25, 0.3) is 0 Å². The van der Waals surface area contributed by atoms with E-state index in [9.17, 15) is 0 Å². The maximum Gasteiger partial charge on any atom is 0.141 e. The van der Waals surface area contributed by atoms with Crippen LogP contribution < -0.4 is 11.1 Å². The van der Waals surface area contributed by atoms with Gasteiger partial charge >= 0.3 is 0 Å². The van der Waals surface area contributed by atoms with Gasteiger partial charge in [-0.3, -0.25) is 0 Å². The first-order valence-electron chi connectivity index (χ1n) is 6.34. The predicted molar refractivity (Wildman–Crippen MR) is 80.9 cm³/mol. The van der Waals surface area contributed by atoms with Crippen molar-refractivity contribution in [3.63, 3.8) is 0 Å². The summed E-state index contributed by atoms with van der Waals surface area (Å²) in [6.45, 7) is 2.64. The lowest BCUT2D eigenvalue weighted by atomic mass is 10.0. The van der Waals surface area contributed by atoms with E-state index in [0.29, 0.717) is 13.0 Å². The Morgan fingerprint density at radius 1 is 1.45 bits per heavy atom. The van der Waals surface area contributed by atoms with Gasteiger partial charge in [-0.2, -0.15) is 0 Å². The second-order valence-corrected chi connectivity index (χ2v) is 5.56. The summed E-state index contributed by atoms with van der Waals surface area (Å²) in [7, 11) is 0. The second-order valence-electron chi connectivity index (χ2n) is 4.50. The summed E-state index contributed by atoms with van der Waals surface area (Å²) in [6, 6.07) is 9.96. The lowest BCUT2D eigenvalue weighted by Crippen LogP contribution is -2.26. The number of nitrogens with two attached hydrogens (primary N) is 1. The number of hydrogen-bond acceptors (Lipinski definition) is 5. The van der Waals surface area contributed by atoms with Crippen LogP contribution in [0.25, 0.3) is 0 Å². The number of oxime groups is 1. The Hall–Kier alpha value is -1.92. The van der Waals surface area contributed by atoms with Crippen LogP contribution in [0, 0.1) is 6.92 Å².